The zero-order chi connectivity index (χ0) is 14.4. The van der Waals surface area contributed by atoms with Crippen LogP contribution in [0.1, 0.15) is 30.2 Å². The van der Waals surface area contributed by atoms with Crippen molar-refractivity contribution in [2.24, 2.45) is 5.73 Å². The maximum absolute atomic E-state index is 6.54. The Bertz CT molecular complexity index is 789. The van der Waals surface area contributed by atoms with Crippen LogP contribution in [0.25, 0.3) is 11.0 Å². The molecule has 0 radical (unpaired) electrons. The molecular weight excluding hydrogens is 282 g/mol. The van der Waals surface area contributed by atoms with Gasteiger partial charge in [-0.25, -0.2) is 0 Å². The average Bonchev–Trinajstić information content (AvgIpc) is 3.21. The molecule has 1 saturated carbocycles. The smallest absolute Gasteiger partial charge is 0.134 e. The molecule has 2 N–H and O–H groups in total. The highest BCUT2D eigenvalue weighted by atomic mass is 35.5. The fourth-order valence-electron chi connectivity index (χ4n) is 3.14. The highest BCUT2D eigenvalue weighted by Gasteiger charge is 2.50. The second-order valence-corrected chi connectivity index (χ2v) is 6.27. The number of fused-ring (bicyclic) bond motifs is 1. The van der Waals surface area contributed by atoms with E-state index >= 15 is 0 Å². The maximum atomic E-state index is 6.54. The Labute approximate surface area is 128 Å². The quantitative estimate of drug-likeness (QED) is 0.753. The molecule has 1 atom stereocenters. The van der Waals surface area contributed by atoms with Gasteiger partial charge in [0.05, 0.1) is 6.04 Å². The van der Waals surface area contributed by atoms with Gasteiger partial charge >= 0.3 is 0 Å². The first-order chi connectivity index (χ1) is 10.2. The summed E-state index contributed by atoms with van der Waals surface area (Å²) in [5, 5.41) is 1.73. The molecule has 3 aromatic rings. The molecule has 0 aliphatic heterocycles. The van der Waals surface area contributed by atoms with Crippen LogP contribution in [0.4, 0.5) is 0 Å². The number of benzene rings is 2. The molecule has 4 rings (SSSR count). The SMILES string of the molecule is NC(c1cc2cc(Cl)ccc2o1)C1(c2ccccc2)CC1. The Hall–Kier alpha value is -1.77. The molecule has 1 fully saturated rings. The van der Waals surface area contributed by atoms with Crippen molar-refractivity contribution in [2.75, 3.05) is 0 Å². The van der Waals surface area contributed by atoms with Gasteiger partial charge in [-0.05, 0) is 42.7 Å². The number of nitrogens with two attached hydrogens (primary N) is 1. The van der Waals surface area contributed by atoms with E-state index in [2.05, 4.69) is 24.3 Å². The third-order valence-corrected chi connectivity index (χ3v) is 4.77. The highest BCUT2D eigenvalue weighted by molar-refractivity contribution is 6.31. The lowest BCUT2D eigenvalue weighted by Gasteiger charge is -2.22. The summed E-state index contributed by atoms with van der Waals surface area (Å²) in [5.41, 5.74) is 8.71. The van der Waals surface area contributed by atoms with Gasteiger partial charge < -0.3 is 10.2 Å². The van der Waals surface area contributed by atoms with Gasteiger partial charge in [-0.1, -0.05) is 41.9 Å². The number of halogens is 1. The van der Waals surface area contributed by atoms with Crippen molar-refractivity contribution < 1.29 is 4.42 Å². The number of hydrogen-bond donors (Lipinski definition) is 1. The molecule has 1 aliphatic carbocycles. The Balaban J connectivity index is 1.75. The first kappa shape index (κ1) is 12.9. The summed E-state index contributed by atoms with van der Waals surface area (Å²) in [4.78, 5) is 0. The van der Waals surface area contributed by atoms with Gasteiger partial charge in [-0.2, -0.15) is 0 Å². The van der Waals surface area contributed by atoms with E-state index in [9.17, 15) is 0 Å². The van der Waals surface area contributed by atoms with Gasteiger partial charge in [-0.15, -0.1) is 0 Å². The predicted octanol–water partition coefficient (Wildman–Crippen LogP) is 4.82. The molecule has 1 aliphatic rings. The number of rotatable bonds is 3. The lowest BCUT2D eigenvalue weighted by molar-refractivity contribution is 0.431. The molecule has 21 heavy (non-hydrogen) atoms. The van der Waals surface area contributed by atoms with Gasteiger partial charge in [0, 0.05) is 15.8 Å². The summed E-state index contributed by atoms with van der Waals surface area (Å²) < 4.78 is 5.95. The standard InChI is InChI=1S/C18H16ClNO/c19-14-6-7-15-12(10-14)11-16(21-15)17(20)18(8-9-18)13-4-2-1-3-5-13/h1-7,10-11,17H,8-9,20H2. The first-order valence-electron chi connectivity index (χ1n) is 7.19. The minimum Gasteiger partial charge on any atom is -0.459 e. The molecule has 2 aromatic carbocycles. The lowest BCUT2D eigenvalue weighted by Crippen LogP contribution is -2.25. The highest BCUT2D eigenvalue weighted by Crippen LogP contribution is 2.55. The molecule has 1 aromatic heterocycles. The van der Waals surface area contributed by atoms with Crippen LogP contribution < -0.4 is 5.73 Å². The van der Waals surface area contributed by atoms with Crippen molar-refractivity contribution in [3.63, 3.8) is 0 Å². The second kappa shape index (κ2) is 4.62. The largest absolute Gasteiger partial charge is 0.459 e. The Morgan fingerprint density at radius 2 is 1.81 bits per heavy atom. The minimum absolute atomic E-state index is 0.0267. The monoisotopic (exact) mass is 297 g/mol. The first-order valence-corrected chi connectivity index (χ1v) is 7.57. The van der Waals surface area contributed by atoms with Crippen LogP contribution in [-0.4, -0.2) is 0 Å². The van der Waals surface area contributed by atoms with Crippen LogP contribution >= 0.6 is 11.6 Å². The van der Waals surface area contributed by atoms with E-state index in [1.807, 2.05) is 30.3 Å². The van der Waals surface area contributed by atoms with Crippen molar-refractivity contribution in [2.45, 2.75) is 24.3 Å². The maximum Gasteiger partial charge on any atom is 0.134 e. The predicted molar refractivity (Wildman–Crippen MR) is 85.5 cm³/mol. The lowest BCUT2D eigenvalue weighted by atomic mass is 9.87. The van der Waals surface area contributed by atoms with Crippen LogP contribution in [0.2, 0.25) is 5.02 Å². The van der Waals surface area contributed by atoms with Gasteiger partial charge in [0.1, 0.15) is 11.3 Å². The van der Waals surface area contributed by atoms with Crippen LogP contribution in [0.3, 0.4) is 0 Å². The topological polar surface area (TPSA) is 39.2 Å². The summed E-state index contributed by atoms with van der Waals surface area (Å²) >= 11 is 6.03. The van der Waals surface area contributed by atoms with Gasteiger partial charge in [0.25, 0.3) is 0 Å². The summed E-state index contributed by atoms with van der Waals surface area (Å²) in [6.07, 6.45) is 2.21. The summed E-state index contributed by atoms with van der Waals surface area (Å²) in [6.45, 7) is 0. The summed E-state index contributed by atoms with van der Waals surface area (Å²) in [5.74, 6) is 0.841. The van der Waals surface area contributed by atoms with E-state index in [0.717, 1.165) is 29.6 Å². The summed E-state index contributed by atoms with van der Waals surface area (Å²) in [7, 11) is 0. The van der Waals surface area contributed by atoms with Gasteiger partial charge in [-0.3, -0.25) is 0 Å². The Morgan fingerprint density at radius 1 is 1.05 bits per heavy atom. The second-order valence-electron chi connectivity index (χ2n) is 5.83. The van der Waals surface area contributed by atoms with Crippen molar-refractivity contribution in [3.8, 4) is 0 Å². The van der Waals surface area contributed by atoms with Crippen LogP contribution in [0.5, 0.6) is 0 Å². The van der Waals surface area contributed by atoms with Crippen LogP contribution in [-0.2, 0) is 5.41 Å². The molecule has 0 spiro atoms. The van der Waals surface area contributed by atoms with Crippen molar-refractivity contribution >= 4 is 22.6 Å². The van der Waals surface area contributed by atoms with E-state index in [-0.39, 0.29) is 11.5 Å². The molecule has 2 nitrogen and oxygen atoms in total. The molecule has 0 saturated heterocycles. The van der Waals surface area contributed by atoms with Crippen molar-refractivity contribution in [1.82, 2.24) is 0 Å². The fourth-order valence-corrected chi connectivity index (χ4v) is 3.32. The van der Waals surface area contributed by atoms with E-state index in [0.29, 0.717) is 5.02 Å². The normalized spacial score (nSPS) is 17.8. The van der Waals surface area contributed by atoms with E-state index in [1.165, 1.54) is 5.56 Å². The van der Waals surface area contributed by atoms with Crippen LogP contribution in [0, 0.1) is 0 Å². The molecule has 1 heterocycles. The molecular formula is C18H16ClNO. The third kappa shape index (κ3) is 2.06. The minimum atomic E-state index is -0.119. The fraction of sp³-hybridized carbons (Fsp3) is 0.222. The average molecular weight is 298 g/mol. The van der Waals surface area contributed by atoms with Crippen LogP contribution in [0.15, 0.2) is 59.0 Å². The van der Waals surface area contributed by atoms with E-state index in [4.69, 9.17) is 21.8 Å². The molecule has 1 unspecified atom stereocenters. The molecule has 3 heteroatoms. The van der Waals surface area contributed by atoms with E-state index < -0.39 is 0 Å². The molecule has 0 bridgehead atoms. The molecule has 0 amide bonds. The number of hydrogen-bond acceptors (Lipinski definition) is 2. The van der Waals surface area contributed by atoms with Gasteiger partial charge in [0.15, 0.2) is 0 Å². The van der Waals surface area contributed by atoms with Crippen molar-refractivity contribution in [3.05, 3.63) is 70.9 Å². The van der Waals surface area contributed by atoms with E-state index in [1.54, 1.807) is 0 Å². The summed E-state index contributed by atoms with van der Waals surface area (Å²) in [6, 6.07) is 18.1. The Morgan fingerprint density at radius 3 is 2.52 bits per heavy atom. The van der Waals surface area contributed by atoms with Gasteiger partial charge in [0.2, 0.25) is 0 Å². The molecule has 106 valence electrons. The zero-order valence-corrected chi connectivity index (χ0v) is 12.3. The zero-order valence-electron chi connectivity index (χ0n) is 11.6. The van der Waals surface area contributed by atoms with Crippen molar-refractivity contribution in [1.29, 1.82) is 0 Å². The third-order valence-electron chi connectivity index (χ3n) is 4.54. The Kier molecular flexibility index (Phi) is 2.84. The number of furan rings is 1.